The summed E-state index contributed by atoms with van der Waals surface area (Å²) in [5, 5.41) is 6.77. The number of hydrogen-bond acceptors (Lipinski definition) is 2. The largest absolute Gasteiger partial charge is 0.355 e. The van der Waals surface area contributed by atoms with Gasteiger partial charge in [-0.25, -0.2) is 0 Å². The van der Waals surface area contributed by atoms with E-state index in [2.05, 4.69) is 65.6 Å². The second-order valence-corrected chi connectivity index (χ2v) is 6.67. The zero-order valence-corrected chi connectivity index (χ0v) is 13.7. The smallest absolute Gasteiger partial charge is 0.191 e. The van der Waals surface area contributed by atoms with Crippen molar-refractivity contribution in [2.75, 3.05) is 26.7 Å². The highest BCUT2D eigenvalue weighted by molar-refractivity contribution is 5.80. The zero-order chi connectivity index (χ0) is 15.3. The van der Waals surface area contributed by atoms with E-state index in [1.807, 2.05) is 7.05 Å². The lowest BCUT2D eigenvalue weighted by Crippen LogP contribution is -2.49. The van der Waals surface area contributed by atoms with Gasteiger partial charge in [0, 0.05) is 38.8 Å². The molecule has 116 valence electrons. The van der Waals surface area contributed by atoms with E-state index in [1.165, 1.54) is 11.1 Å². The summed E-state index contributed by atoms with van der Waals surface area (Å²) in [6.45, 7) is 10.6. The fourth-order valence-electron chi connectivity index (χ4n) is 2.61. The first-order valence-electron chi connectivity index (χ1n) is 7.76. The molecule has 2 rings (SSSR count). The molecule has 0 radical (unpaired) electrons. The van der Waals surface area contributed by atoms with Gasteiger partial charge in [0.05, 0.1) is 0 Å². The standard InChI is InChI=1S/C17H28N4/c1-17(2,3)20-16(18-4)19-10-12-21-11-9-14-7-5-6-8-15(14)13-21/h5-8H,9-13H2,1-4H3,(H2,18,19,20). The molecule has 0 fully saturated rings. The van der Waals surface area contributed by atoms with Gasteiger partial charge >= 0.3 is 0 Å². The third-order valence-electron chi connectivity index (χ3n) is 3.65. The summed E-state index contributed by atoms with van der Waals surface area (Å²) >= 11 is 0. The zero-order valence-electron chi connectivity index (χ0n) is 13.7. The molecule has 0 atom stereocenters. The van der Waals surface area contributed by atoms with Crippen LogP contribution in [0.1, 0.15) is 31.9 Å². The van der Waals surface area contributed by atoms with E-state index in [1.54, 1.807) is 0 Å². The lowest BCUT2D eigenvalue weighted by molar-refractivity contribution is 0.258. The van der Waals surface area contributed by atoms with Crippen molar-refractivity contribution in [2.45, 2.75) is 39.3 Å². The summed E-state index contributed by atoms with van der Waals surface area (Å²) in [5.41, 5.74) is 3.01. The number of aliphatic imine (C=N–C) groups is 1. The van der Waals surface area contributed by atoms with Crippen LogP contribution < -0.4 is 10.6 Å². The molecular weight excluding hydrogens is 260 g/mol. The molecule has 0 aliphatic carbocycles. The quantitative estimate of drug-likeness (QED) is 0.660. The average Bonchev–Trinajstić information content (AvgIpc) is 2.45. The van der Waals surface area contributed by atoms with E-state index in [0.29, 0.717) is 0 Å². The van der Waals surface area contributed by atoms with Gasteiger partial charge in [0.1, 0.15) is 0 Å². The minimum Gasteiger partial charge on any atom is -0.355 e. The third kappa shape index (κ3) is 5.05. The first-order valence-corrected chi connectivity index (χ1v) is 7.76. The van der Waals surface area contributed by atoms with E-state index >= 15 is 0 Å². The molecule has 1 aliphatic heterocycles. The first kappa shape index (κ1) is 15.8. The highest BCUT2D eigenvalue weighted by Crippen LogP contribution is 2.17. The van der Waals surface area contributed by atoms with Crippen LogP contribution in [0.5, 0.6) is 0 Å². The fraction of sp³-hybridized carbons (Fsp3) is 0.588. The van der Waals surface area contributed by atoms with Crippen LogP contribution in [0.4, 0.5) is 0 Å². The van der Waals surface area contributed by atoms with Crippen molar-refractivity contribution in [2.24, 2.45) is 4.99 Å². The Hall–Kier alpha value is -1.55. The van der Waals surface area contributed by atoms with E-state index < -0.39 is 0 Å². The molecule has 1 heterocycles. The second-order valence-electron chi connectivity index (χ2n) is 6.67. The van der Waals surface area contributed by atoms with Crippen molar-refractivity contribution in [1.29, 1.82) is 0 Å². The van der Waals surface area contributed by atoms with E-state index in [4.69, 9.17) is 0 Å². The number of nitrogens with one attached hydrogen (secondary N) is 2. The van der Waals surface area contributed by atoms with Gasteiger partial charge in [0.2, 0.25) is 0 Å². The van der Waals surface area contributed by atoms with Gasteiger partial charge in [-0.15, -0.1) is 0 Å². The number of nitrogens with zero attached hydrogens (tertiary/aromatic N) is 2. The van der Waals surface area contributed by atoms with Crippen LogP contribution in [0.15, 0.2) is 29.3 Å². The maximum absolute atomic E-state index is 4.27. The van der Waals surface area contributed by atoms with Crippen molar-refractivity contribution >= 4 is 5.96 Å². The Labute approximate surface area is 128 Å². The van der Waals surface area contributed by atoms with Gasteiger partial charge in [0.25, 0.3) is 0 Å². The van der Waals surface area contributed by atoms with Gasteiger partial charge in [-0.05, 0) is 38.3 Å². The third-order valence-corrected chi connectivity index (χ3v) is 3.65. The first-order chi connectivity index (χ1) is 9.98. The number of hydrogen-bond donors (Lipinski definition) is 2. The second kappa shape index (κ2) is 6.94. The lowest BCUT2D eigenvalue weighted by Gasteiger charge is -2.29. The van der Waals surface area contributed by atoms with E-state index in [9.17, 15) is 0 Å². The summed E-state index contributed by atoms with van der Waals surface area (Å²) in [6.07, 6.45) is 1.16. The Kier molecular flexibility index (Phi) is 5.23. The molecule has 4 heteroatoms. The molecule has 1 aromatic carbocycles. The van der Waals surface area contributed by atoms with Crippen molar-refractivity contribution in [3.8, 4) is 0 Å². The van der Waals surface area contributed by atoms with Crippen molar-refractivity contribution in [1.82, 2.24) is 15.5 Å². The topological polar surface area (TPSA) is 39.7 Å². The number of rotatable bonds is 3. The Morgan fingerprint density at radius 2 is 1.95 bits per heavy atom. The Morgan fingerprint density at radius 1 is 1.24 bits per heavy atom. The molecule has 0 spiro atoms. The number of benzene rings is 1. The average molecular weight is 288 g/mol. The lowest BCUT2D eigenvalue weighted by atomic mass is 10.00. The molecule has 21 heavy (non-hydrogen) atoms. The van der Waals surface area contributed by atoms with Crippen LogP contribution >= 0.6 is 0 Å². The van der Waals surface area contributed by atoms with Crippen LogP contribution in [-0.4, -0.2) is 43.1 Å². The van der Waals surface area contributed by atoms with Crippen molar-refractivity contribution in [3.63, 3.8) is 0 Å². The van der Waals surface area contributed by atoms with E-state index in [0.717, 1.165) is 38.6 Å². The normalized spacial score (nSPS) is 16.5. The van der Waals surface area contributed by atoms with Crippen molar-refractivity contribution in [3.05, 3.63) is 35.4 Å². The predicted molar refractivity (Wildman–Crippen MR) is 89.7 cm³/mol. The molecular formula is C17H28N4. The summed E-state index contributed by atoms with van der Waals surface area (Å²) in [5.74, 6) is 0.875. The van der Waals surface area contributed by atoms with Crippen LogP contribution in [0.25, 0.3) is 0 Å². The molecule has 2 N–H and O–H groups in total. The Balaban J connectivity index is 1.77. The molecule has 0 unspecified atom stereocenters. The number of guanidine groups is 1. The summed E-state index contributed by atoms with van der Waals surface area (Å²) in [7, 11) is 1.82. The Bertz CT molecular complexity index is 488. The summed E-state index contributed by atoms with van der Waals surface area (Å²) in [6, 6.07) is 8.77. The van der Waals surface area contributed by atoms with Gasteiger partial charge in [-0.2, -0.15) is 0 Å². The van der Waals surface area contributed by atoms with Gasteiger partial charge in [-0.3, -0.25) is 9.89 Å². The Morgan fingerprint density at radius 3 is 2.62 bits per heavy atom. The van der Waals surface area contributed by atoms with Gasteiger partial charge in [0.15, 0.2) is 5.96 Å². The molecule has 1 aliphatic rings. The van der Waals surface area contributed by atoms with Crippen LogP contribution in [0, 0.1) is 0 Å². The van der Waals surface area contributed by atoms with E-state index in [-0.39, 0.29) is 5.54 Å². The monoisotopic (exact) mass is 288 g/mol. The molecule has 0 amide bonds. The highest BCUT2D eigenvalue weighted by atomic mass is 15.2. The molecule has 4 nitrogen and oxygen atoms in total. The maximum atomic E-state index is 4.27. The minimum absolute atomic E-state index is 0.0336. The summed E-state index contributed by atoms with van der Waals surface area (Å²) < 4.78 is 0. The summed E-state index contributed by atoms with van der Waals surface area (Å²) in [4.78, 5) is 6.77. The molecule has 0 bridgehead atoms. The van der Waals surface area contributed by atoms with Gasteiger partial charge < -0.3 is 10.6 Å². The SMILES string of the molecule is CN=C(NCCN1CCc2ccccc2C1)NC(C)(C)C. The van der Waals surface area contributed by atoms with Crippen LogP contribution in [0.3, 0.4) is 0 Å². The maximum Gasteiger partial charge on any atom is 0.191 e. The molecule has 1 aromatic rings. The molecule has 0 saturated carbocycles. The highest BCUT2D eigenvalue weighted by Gasteiger charge is 2.16. The molecule has 0 saturated heterocycles. The number of fused-ring (bicyclic) bond motifs is 1. The van der Waals surface area contributed by atoms with Crippen LogP contribution in [0.2, 0.25) is 0 Å². The van der Waals surface area contributed by atoms with Gasteiger partial charge in [-0.1, -0.05) is 24.3 Å². The minimum atomic E-state index is 0.0336. The van der Waals surface area contributed by atoms with Crippen LogP contribution in [-0.2, 0) is 13.0 Å². The fourth-order valence-corrected chi connectivity index (χ4v) is 2.61. The van der Waals surface area contributed by atoms with Crippen molar-refractivity contribution < 1.29 is 0 Å². The molecule has 0 aromatic heterocycles. The predicted octanol–water partition coefficient (Wildman–Crippen LogP) is 2.01.